The number of unbranched alkanes of at least 4 members (excludes halogenated alkanes) is 1. The van der Waals surface area contributed by atoms with E-state index >= 15 is 0 Å². The number of aryl methyl sites for hydroxylation is 2. The molecule has 0 unspecified atom stereocenters. The van der Waals surface area contributed by atoms with Gasteiger partial charge in [-0.3, -0.25) is 0 Å². The molecule has 1 aromatic rings. The molecule has 0 aliphatic rings. The maximum atomic E-state index is 5.28. The van der Waals surface area contributed by atoms with Gasteiger partial charge in [-0.2, -0.15) is 0 Å². The van der Waals surface area contributed by atoms with Gasteiger partial charge in [0, 0.05) is 18.2 Å². The van der Waals surface area contributed by atoms with Crippen molar-refractivity contribution < 1.29 is 0 Å². The molecule has 13 heavy (non-hydrogen) atoms. The van der Waals surface area contributed by atoms with Gasteiger partial charge >= 0.3 is 0 Å². The second kappa shape index (κ2) is 4.77. The van der Waals surface area contributed by atoms with Gasteiger partial charge < -0.3 is 5.43 Å². The van der Waals surface area contributed by atoms with Crippen molar-refractivity contribution in [3.05, 3.63) is 17.6 Å². The molecule has 0 aliphatic carbocycles. The van der Waals surface area contributed by atoms with Crippen LogP contribution in [-0.4, -0.2) is 9.97 Å². The lowest BCUT2D eigenvalue weighted by molar-refractivity contribution is 0.748. The Morgan fingerprint density at radius 1 is 1.46 bits per heavy atom. The molecule has 0 atom stereocenters. The molecule has 0 radical (unpaired) electrons. The summed E-state index contributed by atoms with van der Waals surface area (Å²) in [5.74, 6) is 6.84. The van der Waals surface area contributed by atoms with E-state index in [2.05, 4.69) is 22.3 Å². The van der Waals surface area contributed by atoms with Gasteiger partial charge in [0.1, 0.15) is 11.6 Å². The Morgan fingerprint density at radius 2 is 2.23 bits per heavy atom. The van der Waals surface area contributed by atoms with Gasteiger partial charge in [0.05, 0.1) is 0 Å². The van der Waals surface area contributed by atoms with Gasteiger partial charge in [-0.25, -0.2) is 15.8 Å². The van der Waals surface area contributed by atoms with E-state index in [1.54, 1.807) is 0 Å². The van der Waals surface area contributed by atoms with Gasteiger partial charge in [0.2, 0.25) is 0 Å². The Kier molecular flexibility index (Phi) is 3.64. The summed E-state index contributed by atoms with van der Waals surface area (Å²) in [7, 11) is 0. The van der Waals surface area contributed by atoms with Crippen LogP contribution in [0, 0.1) is 6.92 Å². The number of hydrazine groups is 1. The van der Waals surface area contributed by atoms with Crippen molar-refractivity contribution in [1.29, 1.82) is 0 Å². The standard InChI is InChI=1S/C9H16N4/c1-3-4-5-8-11-7(2)6-9(12-8)13-10/h6H,3-5,10H2,1-2H3,(H,11,12,13). The molecule has 0 spiro atoms. The van der Waals surface area contributed by atoms with E-state index in [0.29, 0.717) is 5.82 Å². The highest BCUT2D eigenvalue weighted by Gasteiger charge is 1.99. The Labute approximate surface area is 78.6 Å². The third kappa shape index (κ3) is 2.99. The highest BCUT2D eigenvalue weighted by Crippen LogP contribution is 2.06. The van der Waals surface area contributed by atoms with Gasteiger partial charge in [0.25, 0.3) is 0 Å². The van der Waals surface area contributed by atoms with Crippen molar-refractivity contribution in [1.82, 2.24) is 9.97 Å². The number of nitrogens with two attached hydrogens (primary N) is 1. The molecule has 72 valence electrons. The second-order valence-electron chi connectivity index (χ2n) is 3.06. The maximum Gasteiger partial charge on any atom is 0.143 e. The molecule has 0 saturated heterocycles. The van der Waals surface area contributed by atoms with Gasteiger partial charge in [0.15, 0.2) is 0 Å². The van der Waals surface area contributed by atoms with Crippen LogP contribution in [0.15, 0.2) is 6.07 Å². The molecule has 0 saturated carbocycles. The molecule has 3 N–H and O–H groups in total. The summed E-state index contributed by atoms with van der Waals surface area (Å²) in [6.45, 7) is 4.09. The zero-order chi connectivity index (χ0) is 9.68. The van der Waals surface area contributed by atoms with Crippen LogP contribution >= 0.6 is 0 Å². The number of hydrogen-bond donors (Lipinski definition) is 2. The molecule has 0 amide bonds. The molecule has 1 aromatic heterocycles. The largest absolute Gasteiger partial charge is 0.308 e. The highest BCUT2D eigenvalue weighted by molar-refractivity contribution is 5.33. The van der Waals surface area contributed by atoms with Gasteiger partial charge in [-0.1, -0.05) is 13.3 Å². The first kappa shape index (κ1) is 9.92. The Bertz CT molecular complexity index is 272. The van der Waals surface area contributed by atoms with Crippen molar-refractivity contribution in [3.63, 3.8) is 0 Å². The Morgan fingerprint density at radius 3 is 2.85 bits per heavy atom. The van der Waals surface area contributed by atoms with Crippen molar-refractivity contribution in [2.45, 2.75) is 33.1 Å². The minimum Gasteiger partial charge on any atom is -0.308 e. The predicted octanol–water partition coefficient (Wildman–Crippen LogP) is 1.41. The minimum absolute atomic E-state index is 0.693. The summed E-state index contributed by atoms with van der Waals surface area (Å²) >= 11 is 0. The smallest absolute Gasteiger partial charge is 0.143 e. The van der Waals surface area contributed by atoms with Crippen molar-refractivity contribution >= 4 is 5.82 Å². The highest BCUT2D eigenvalue weighted by atomic mass is 15.3. The maximum absolute atomic E-state index is 5.28. The summed E-state index contributed by atoms with van der Waals surface area (Å²) in [6, 6.07) is 1.83. The molecular formula is C9H16N4. The van der Waals surface area contributed by atoms with Crippen LogP contribution in [0.1, 0.15) is 31.3 Å². The zero-order valence-corrected chi connectivity index (χ0v) is 8.17. The van der Waals surface area contributed by atoms with E-state index in [0.717, 1.165) is 30.8 Å². The molecule has 1 rings (SSSR count). The van der Waals surface area contributed by atoms with Gasteiger partial charge in [-0.15, -0.1) is 0 Å². The van der Waals surface area contributed by atoms with E-state index in [1.165, 1.54) is 0 Å². The second-order valence-corrected chi connectivity index (χ2v) is 3.06. The van der Waals surface area contributed by atoms with Crippen molar-refractivity contribution in [3.8, 4) is 0 Å². The molecule has 4 heteroatoms. The number of nitrogen functional groups attached to an aromatic ring is 1. The van der Waals surface area contributed by atoms with Crippen LogP contribution in [0.25, 0.3) is 0 Å². The number of rotatable bonds is 4. The van der Waals surface area contributed by atoms with Crippen molar-refractivity contribution in [2.75, 3.05) is 5.43 Å². The fourth-order valence-electron chi connectivity index (χ4n) is 1.15. The third-order valence-corrected chi connectivity index (χ3v) is 1.80. The van der Waals surface area contributed by atoms with Crippen LogP contribution in [0.5, 0.6) is 0 Å². The fourth-order valence-corrected chi connectivity index (χ4v) is 1.15. The Hall–Kier alpha value is -1.16. The molecule has 1 heterocycles. The monoisotopic (exact) mass is 180 g/mol. The van der Waals surface area contributed by atoms with E-state index in [1.807, 2.05) is 13.0 Å². The number of hydrogen-bond acceptors (Lipinski definition) is 4. The van der Waals surface area contributed by atoms with Crippen LogP contribution in [0.2, 0.25) is 0 Å². The summed E-state index contributed by atoms with van der Waals surface area (Å²) in [6.07, 6.45) is 3.20. The summed E-state index contributed by atoms with van der Waals surface area (Å²) < 4.78 is 0. The molecule has 0 fully saturated rings. The van der Waals surface area contributed by atoms with E-state index in [9.17, 15) is 0 Å². The lowest BCUT2D eigenvalue weighted by atomic mass is 10.2. The van der Waals surface area contributed by atoms with Crippen molar-refractivity contribution in [2.24, 2.45) is 5.84 Å². The topological polar surface area (TPSA) is 63.8 Å². The lowest BCUT2D eigenvalue weighted by Gasteiger charge is -2.04. The quantitative estimate of drug-likeness (QED) is 0.543. The average Bonchev–Trinajstić information content (AvgIpc) is 2.14. The number of anilines is 1. The lowest BCUT2D eigenvalue weighted by Crippen LogP contribution is -2.11. The SMILES string of the molecule is CCCCc1nc(C)cc(NN)n1. The van der Waals surface area contributed by atoms with E-state index < -0.39 is 0 Å². The Balaban J connectivity index is 2.76. The number of aromatic nitrogens is 2. The summed E-state index contributed by atoms with van der Waals surface area (Å²) in [5, 5.41) is 0. The fraction of sp³-hybridized carbons (Fsp3) is 0.556. The summed E-state index contributed by atoms with van der Waals surface area (Å²) in [4.78, 5) is 8.56. The van der Waals surface area contributed by atoms with E-state index in [-0.39, 0.29) is 0 Å². The number of nitrogens with one attached hydrogen (secondary N) is 1. The van der Waals surface area contributed by atoms with Crippen LogP contribution < -0.4 is 11.3 Å². The first-order chi connectivity index (χ1) is 6.26. The zero-order valence-electron chi connectivity index (χ0n) is 8.17. The minimum atomic E-state index is 0.693. The van der Waals surface area contributed by atoms with Crippen LogP contribution in [0.3, 0.4) is 0 Å². The molecule has 0 aliphatic heterocycles. The molecule has 0 aromatic carbocycles. The number of nitrogens with zero attached hydrogens (tertiary/aromatic N) is 2. The third-order valence-electron chi connectivity index (χ3n) is 1.80. The predicted molar refractivity (Wildman–Crippen MR) is 53.2 cm³/mol. The molecular weight excluding hydrogens is 164 g/mol. The van der Waals surface area contributed by atoms with Gasteiger partial charge in [-0.05, 0) is 13.3 Å². The average molecular weight is 180 g/mol. The van der Waals surface area contributed by atoms with Crippen LogP contribution in [0.4, 0.5) is 5.82 Å². The molecule has 4 nitrogen and oxygen atoms in total. The summed E-state index contributed by atoms with van der Waals surface area (Å²) in [5.41, 5.74) is 3.49. The normalized spacial score (nSPS) is 10.1. The first-order valence-corrected chi connectivity index (χ1v) is 4.57. The first-order valence-electron chi connectivity index (χ1n) is 4.57. The van der Waals surface area contributed by atoms with Crippen LogP contribution in [-0.2, 0) is 6.42 Å². The molecule has 0 bridgehead atoms. The van der Waals surface area contributed by atoms with E-state index in [4.69, 9.17) is 5.84 Å².